The summed E-state index contributed by atoms with van der Waals surface area (Å²) in [4.78, 5) is 15.1. The SMILES string of the molecule is Cc1nc(/C=C/c2ccc(Cl)cc2)sc1C(=O)[O-]. The van der Waals surface area contributed by atoms with Crippen molar-refractivity contribution in [3.8, 4) is 0 Å². The summed E-state index contributed by atoms with van der Waals surface area (Å²) in [5.74, 6) is -1.18. The number of carboxylic acids is 1. The molecule has 1 aromatic carbocycles. The number of carbonyl (C=O) groups excluding carboxylic acids is 1. The molecule has 1 aromatic heterocycles. The van der Waals surface area contributed by atoms with Gasteiger partial charge in [0.1, 0.15) is 5.01 Å². The predicted octanol–water partition coefficient (Wildman–Crippen LogP) is 2.64. The summed E-state index contributed by atoms with van der Waals surface area (Å²) in [5, 5.41) is 12.1. The van der Waals surface area contributed by atoms with Crippen LogP contribution in [-0.2, 0) is 0 Å². The number of hydrogen-bond donors (Lipinski definition) is 0. The van der Waals surface area contributed by atoms with E-state index >= 15 is 0 Å². The lowest BCUT2D eigenvalue weighted by molar-refractivity contribution is -0.254. The molecule has 0 spiro atoms. The van der Waals surface area contributed by atoms with Crippen LogP contribution < -0.4 is 5.11 Å². The largest absolute Gasteiger partial charge is 0.544 e. The summed E-state index contributed by atoms with van der Waals surface area (Å²) in [6, 6.07) is 7.33. The van der Waals surface area contributed by atoms with E-state index in [1.807, 2.05) is 18.2 Å². The van der Waals surface area contributed by atoms with E-state index in [1.165, 1.54) is 0 Å². The van der Waals surface area contributed by atoms with Crippen LogP contribution in [0.3, 0.4) is 0 Å². The zero-order chi connectivity index (χ0) is 13.1. The smallest absolute Gasteiger partial charge is 0.116 e. The fourth-order valence-corrected chi connectivity index (χ4v) is 2.35. The number of rotatable bonds is 3. The highest BCUT2D eigenvalue weighted by atomic mass is 35.5. The Morgan fingerprint density at radius 3 is 2.56 bits per heavy atom. The Morgan fingerprint density at radius 1 is 1.33 bits per heavy atom. The van der Waals surface area contributed by atoms with Crippen LogP contribution >= 0.6 is 22.9 Å². The van der Waals surface area contributed by atoms with Gasteiger partial charge >= 0.3 is 0 Å². The molecule has 0 saturated heterocycles. The first-order valence-corrected chi connectivity index (χ1v) is 6.38. The minimum Gasteiger partial charge on any atom is -0.544 e. The average Bonchev–Trinajstić information content (AvgIpc) is 2.70. The normalized spacial score (nSPS) is 11.0. The summed E-state index contributed by atoms with van der Waals surface area (Å²) >= 11 is 6.89. The summed E-state index contributed by atoms with van der Waals surface area (Å²) in [5.41, 5.74) is 1.46. The molecule has 0 bridgehead atoms. The average molecular weight is 279 g/mol. The summed E-state index contributed by atoms with van der Waals surface area (Å²) in [6.45, 7) is 1.65. The molecule has 3 nitrogen and oxygen atoms in total. The molecular formula is C13H9ClNO2S-. The van der Waals surface area contributed by atoms with Gasteiger partial charge in [-0.2, -0.15) is 0 Å². The van der Waals surface area contributed by atoms with Crippen LogP contribution in [0.1, 0.15) is 25.9 Å². The second-order valence-corrected chi connectivity index (χ2v) is 5.11. The van der Waals surface area contributed by atoms with Crippen molar-refractivity contribution in [2.45, 2.75) is 6.92 Å². The Bertz CT molecular complexity index is 602. The lowest BCUT2D eigenvalue weighted by Crippen LogP contribution is -2.21. The van der Waals surface area contributed by atoms with Gasteiger partial charge in [-0.15, -0.1) is 11.3 Å². The maximum Gasteiger partial charge on any atom is 0.116 e. The molecule has 1 heterocycles. The molecule has 0 N–H and O–H groups in total. The molecule has 2 rings (SSSR count). The maximum atomic E-state index is 10.8. The van der Waals surface area contributed by atoms with Crippen molar-refractivity contribution in [1.29, 1.82) is 0 Å². The Balaban J connectivity index is 2.21. The van der Waals surface area contributed by atoms with E-state index in [2.05, 4.69) is 4.98 Å². The van der Waals surface area contributed by atoms with Crippen LogP contribution in [0.25, 0.3) is 12.2 Å². The number of aromatic nitrogens is 1. The van der Waals surface area contributed by atoms with Crippen molar-refractivity contribution in [3.05, 3.63) is 50.4 Å². The van der Waals surface area contributed by atoms with Gasteiger partial charge in [-0.3, -0.25) is 0 Å². The fourth-order valence-electron chi connectivity index (χ4n) is 1.42. The summed E-state index contributed by atoms with van der Waals surface area (Å²) in [7, 11) is 0. The zero-order valence-electron chi connectivity index (χ0n) is 9.51. The van der Waals surface area contributed by atoms with Crippen LogP contribution in [0.5, 0.6) is 0 Å². The quantitative estimate of drug-likeness (QED) is 0.867. The van der Waals surface area contributed by atoms with Crippen LogP contribution in [0.4, 0.5) is 0 Å². The van der Waals surface area contributed by atoms with E-state index < -0.39 is 5.97 Å². The molecule has 0 aliphatic carbocycles. The van der Waals surface area contributed by atoms with E-state index in [-0.39, 0.29) is 4.88 Å². The minimum absolute atomic E-state index is 0.172. The Kier molecular flexibility index (Phi) is 3.79. The summed E-state index contributed by atoms with van der Waals surface area (Å²) < 4.78 is 0. The highest BCUT2D eigenvalue weighted by Gasteiger charge is 2.05. The molecule has 92 valence electrons. The minimum atomic E-state index is -1.18. The third-order valence-electron chi connectivity index (χ3n) is 2.29. The summed E-state index contributed by atoms with van der Waals surface area (Å²) in [6.07, 6.45) is 3.63. The monoisotopic (exact) mass is 278 g/mol. The number of carbonyl (C=O) groups is 1. The molecule has 0 amide bonds. The first-order chi connectivity index (χ1) is 8.56. The van der Waals surface area contributed by atoms with Crippen molar-refractivity contribution in [3.63, 3.8) is 0 Å². The molecule has 0 radical (unpaired) electrons. The van der Waals surface area contributed by atoms with Gasteiger partial charge in [-0.25, -0.2) is 4.98 Å². The Labute approximate surface area is 113 Å². The van der Waals surface area contributed by atoms with Gasteiger partial charge in [0.15, 0.2) is 0 Å². The van der Waals surface area contributed by atoms with Gasteiger partial charge in [0, 0.05) is 5.02 Å². The van der Waals surface area contributed by atoms with Crippen molar-refractivity contribution >= 4 is 41.1 Å². The number of hydrogen-bond acceptors (Lipinski definition) is 4. The topological polar surface area (TPSA) is 53.0 Å². The van der Waals surface area contributed by atoms with Gasteiger partial charge in [-0.05, 0) is 30.7 Å². The van der Waals surface area contributed by atoms with Crippen LogP contribution in [0.15, 0.2) is 24.3 Å². The number of aromatic carboxylic acids is 1. The highest BCUT2D eigenvalue weighted by Crippen LogP contribution is 2.20. The molecule has 2 aromatic rings. The zero-order valence-corrected chi connectivity index (χ0v) is 11.1. The van der Waals surface area contributed by atoms with Gasteiger partial charge in [0.05, 0.1) is 16.5 Å². The number of halogens is 1. The predicted molar refractivity (Wildman–Crippen MR) is 71.6 cm³/mol. The number of nitrogens with zero attached hydrogens (tertiary/aromatic N) is 1. The van der Waals surface area contributed by atoms with E-state index in [0.29, 0.717) is 15.7 Å². The van der Waals surface area contributed by atoms with Crippen LogP contribution in [-0.4, -0.2) is 11.0 Å². The van der Waals surface area contributed by atoms with E-state index in [4.69, 9.17) is 11.6 Å². The van der Waals surface area contributed by atoms with E-state index in [1.54, 1.807) is 25.1 Å². The number of carboxylic acid groups (broad SMARTS) is 1. The second kappa shape index (κ2) is 5.33. The maximum absolute atomic E-state index is 10.8. The lowest BCUT2D eigenvalue weighted by atomic mass is 10.2. The molecule has 0 fully saturated rings. The lowest BCUT2D eigenvalue weighted by Gasteiger charge is -1.95. The number of thiazole rings is 1. The van der Waals surface area contributed by atoms with Gasteiger partial charge < -0.3 is 9.90 Å². The van der Waals surface area contributed by atoms with Crippen molar-refractivity contribution in [2.75, 3.05) is 0 Å². The Hall–Kier alpha value is -1.65. The van der Waals surface area contributed by atoms with Crippen LogP contribution in [0.2, 0.25) is 5.02 Å². The first-order valence-electron chi connectivity index (χ1n) is 5.18. The molecule has 18 heavy (non-hydrogen) atoms. The first kappa shape index (κ1) is 12.8. The van der Waals surface area contributed by atoms with Gasteiger partial charge in [0.2, 0.25) is 0 Å². The second-order valence-electron chi connectivity index (χ2n) is 3.64. The van der Waals surface area contributed by atoms with Crippen molar-refractivity contribution in [2.24, 2.45) is 0 Å². The molecule has 0 unspecified atom stereocenters. The highest BCUT2D eigenvalue weighted by molar-refractivity contribution is 7.14. The van der Waals surface area contributed by atoms with Crippen molar-refractivity contribution in [1.82, 2.24) is 4.98 Å². The standard InChI is InChI=1S/C13H10ClNO2S/c1-8-12(13(16)17)18-11(15-8)7-4-9-2-5-10(14)6-3-9/h2-7H,1H3,(H,16,17)/p-1/b7-4+. The molecule has 0 aliphatic heterocycles. The van der Waals surface area contributed by atoms with Crippen LogP contribution in [0, 0.1) is 6.92 Å². The number of aryl methyl sites for hydroxylation is 1. The molecular weight excluding hydrogens is 270 g/mol. The van der Waals surface area contributed by atoms with Gasteiger partial charge in [0.25, 0.3) is 0 Å². The third-order valence-corrected chi connectivity index (χ3v) is 3.64. The Morgan fingerprint density at radius 2 is 2.00 bits per heavy atom. The molecule has 5 heteroatoms. The molecule has 0 aliphatic rings. The number of benzene rings is 1. The third kappa shape index (κ3) is 2.97. The molecule has 0 saturated carbocycles. The fraction of sp³-hybridized carbons (Fsp3) is 0.0769. The molecule has 0 atom stereocenters. The van der Waals surface area contributed by atoms with Gasteiger partial charge in [-0.1, -0.05) is 29.8 Å². The van der Waals surface area contributed by atoms with E-state index in [0.717, 1.165) is 16.9 Å². The van der Waals surface area contributed by atoms with E-state index in [9.17, 15) is 9.90 Å². The van der Waals surface area contributed by atoms with Crippen molar-refractivity contribution < 1.29 is 9.90 Å².